The third kappa shape index (κ3) is 23.0. The van der Waals surface area contributed by atoms with Crippen LogP contribution < -0.4 is 0 Å². The first-order valence-electron chi connectivity index (χ1n) is 27.0. The number of rotatable bonds is 31. The summed E-state index contributed by atoms with van der Waals surface area (Å²) in [7, 11) is -10.4. The van der Waals surface area contributed by atoms with Crippen molar-refractivity contribution < 1.29 is 31.7 Å². The molecule has 0 aromatic carbocycles. The van der Waals surface area contributed by atoms with Crippen molar-refractivity contribution >= 4 is 47.6 Å². The second-order valence-corrected chi connectivity index (χ2v) is 49.7. The van der Waals surface area contributed by atoms with Crippen molar-refractivity contribution in [1.82, 2.24) is 0 Å². The van der Waals surface area contributed by atoms with Gasteiger partial charge in [0, 0.05) is 24.5 Å². The molecule has 68 heavy (non-hydrogen) atoms. The maximum absolute atomic E-state index is 11.8. The van der Waals surface area contributed by atoms with Crippen LogP contribution in [0.25, 0.3) is 0 Å². The van der Waals surface area contributed by atoms with E-state index in [2.05, 4.69) is 194 Å². The Kier molecular flexibility index (Phi) is 28.4. The van der Waals surface area contributed by atoms with E-state index in [1.807, 2.05) is 19.1 Å². The molecule has 0 aliphatic carbocycles. The molecule has 0 aliphatic rings. The first-order valence-corrected chi connectivity index (χ1v) is 41.2. The second kappa shape index (κ2) is 28.7. The Morgan fingerprint density at radius 1 is 0.515 bits per heavy atom. The van der Waals surface area contributed by atoms with Crippen LogP contribution in [0.1, 0.15) is 170 Å². The van der Waals surface area contributed by atoms with E-state index in [1.165, 1.54) is 24.2 Å². The molecular formula is C56H114O7Si5. The van der Waals surface area contributed by atoms with Gasteiger partial charge in [-0.05, 0) is 136 Å². The third-order valence-corrected chi connectivity index (χ3v) is 39.4. The lowest BCUT2D eigenvalue weighted by molar-refractivity contribution is -0.137. The van der Waals surface area contributed by atoms with Gasteiger partial charge >= 0.3 is 5.97 Å². The standard InChI is InChI=1S/C56H114O7Si5/c1-27-47(61-68(29-3,30-4)31-5)40-37-42-50(62-66(23,24)55(13,14)15)46(6)51(63-67(25,26)56(16,17)18)43-38-41-49(60-65(21,22)54(10,11)12)45-48(59-64(19,20)53(7,8)9)39-35-33-32-34-36-44-52(57)58-28-2/h32-36,38,41,44,46-51H,27-31,37,39-40,42-43,45H2,1-26H3/b34-32+,35-33+,41-38+,44-36+/t46-,47+,48-,49+,50+,51-/m1/s1. The fourth-order valence-corrected chi connectivity index (χ4v) is 15.8. The number of carbonyl (C=O) groups excluding carboxylic acids is 1. The van der Waals surface area contributed by atoms with Gasteiger partial charge in [0.2, 0.25) is 0 Å². The summed E-state index contributed by atoms with van der Waals surface area (Å²) >= 11 is 0. The molecule has 0 rings (SSSR count). The summed E-state index contributed by atoms with van der Waals surface area (Å²) in [5.41, 5.74) is 0. The average Bonchev–Trinajstić information content (AvgIpc) is 3.18. The van der Waals surface area contributed by atoms with Crippen molar-refractivity contribution in [3.05, 3.63) is 48.6 Å². The lowest BCUT2D eigenvalue weighted by Gasteiger charge is -2.45. The van der Waals surface area contributed by atoms with Gasteiger partial charge in [0.25, 0.3) is 0 Å². The summed E-state index contributed by atoms with van der Waals surface area (Å²) in [6.07, 6.45) is 22.7. The summed E-state index contributed by atoms with van der Waals surface area (Å²) in [4.78, 5) is 11.8. The van der Waals surface area contributed by atoms with Gasteiger partial charge in [-0.1, -0.05) is 160 Å². The topological polar surface area (TPSA) is 72.5 Å². The third-order valence-electron chi connectivity index (χ3n) is 16.6. The Morgan fingerprint density at radius 3 is 1.43 bits per heavy atom. The smallest absolute Gasteiger partial charge is 0.330 e. The molecule has 0 bridgehead atoms. The normalized spacial score (nSPS) is 17.4. The maximum atomic E-state index is 11.8. The van der Waals surface area contributed by atoms with Gasteiger partial charge in [0.05, 0.1) is 31.0 Å². The number of ether oxygens (including phenoxy) is 1. The largest absolute Gasteiger partial charge is 0.463 e. The molecular weight excluding hydrogens is 925 g/mol. The molecule has 0 saturated carbocycles. The number of hydrogen-bond donors (Lipinski definition) is 0. The van der Waals surface area contributed by atoms with Gasteiger partial charge < -0.3 is 26.9 Å². The summed E-state index contributed by atoms with van der Waals surface area (Å²) in [6, 6.07) is 3.55. The van der Waals surface area contributed by atoms with Crippen molar-refractivity contribution in [3.63, 3.8) is 0 Å². The van der Waals surface area contributed by atoms with Crippen LogP contribution in [0.4, 0.5) is 0 Å². The number of hydrogen-bond acceptors (Lipinski definition) is 7. The predicted octanol–water partition coefficient (Wildman–Crippen LogP) is 18.1. The molecule has 0 aliphatic heterocycles. The van der Waals surface area contributed by atoms with Crippen molar-refractivity contribution in [2.24, 2.45) is 5.92 Å². The van der Waals surface area contributed by atoms with Crippen molar-refractivity contribution in [1.29, 1.82) is 0 Å². The minimum Gasteiger partial charge on any atom is -0.463 e. The molecule has 0 fully saturated rings. The van der Waals surface area contributed by atoms with E-state index in [0.29, 0.717) is 12.7 Å². The molecule has 6 atom stereocenters. The summed E-state index contributed by atoms with van der Waals surface area (Å²) in [5, 5.41) is 0.256. The lowest BCUT2D eigenvalue weighted by Crippen LogP contribution is -2.50. The van der Waals surface area contributed by atoms with Gasteiger partial charge in [-0.3, -0.25) is 0 Å². The van der Waals surface area contributed by atoms with Crippen LogP contribution in [0.5, 0.6) is 0 Å². The van der Waals surface area contributed by atoms with E-state index >= 15 is 0 Å². The molecule has 0 radical (unpaired) electrons. The Balaban J connectivity index is 7.35. The lowest BCUT2D eigenvalue weighted by atomic mass is 9.91. The number of allylic oxidation sites excluding steroid dienone is 4. The molecule has 0 aromatic rings. The SMILES string of the molecule is CCOC(=O)/C=C/C=C/C=C/C[C@H](C[C@H](/C=C/C[C@@H](O[Si](C)(C)C(C)(C)C)[C@H](C)[C@H](CCC[C@H](CC)O[Si](CC)(CC)CC)O[Si](C)(C)C(C)(C)C)O[Si](C)(C)C(C)(C)C)O[Si](C)(C)C(C)(C)C. The minimum atomic E-state index is -2.19. The Hall–Kier alpha value is -0.686. The molecule has 0 aromatic heterocycles. The fourth-order valence-electron chi connectivity index (χ4n) is 7.29. The minimum absolute atomic E-state index is 0.0131. The molecule has 400 valence electrons. The van der Waals surface area contributed by atoms with Crippen LogP contribution >= 0.6 is 0 Å². The van der Waals surface area contributed by atoms with Gasteiger partial charge in [-0.25, -0.2) is 4.79 Å². The summed E-state index contributed by atoms with van der Waals surface area (Å²) in [6.45, 7) is 61.1. The quantitative estimate of drug-likeness (QED) is 0.0225. The summed E-state index contributed by atoms with van der Waals surface area (Å²) < 4.78 is 41.8. The zero-order valence-corrected chi connectivity index (χ0v) is 54.7. The van der Waals surface area contributed by atoms with Crippen molar-refractivity contribution in [3.8, 4) is 0 Å². The summed E-state index contributed by atoms with van der Waals surface area (Å²) in [5.74, 6) is -0.152. The van der Waals surface area contributed by atoms with E-state index in [9.17, 15) is 4.79 Å². The highest BCUT2D eigenvalue weighted by Gasteiger charge is 2.45. The maximum Gasteiger partial charge on any atom is 0.330 e. The van der Waals surface area contributed by atoms with Gasteiger partial charge in [-0.2, -0.15) is 0 Å². The average molecular weight is 1040 g/mol. The molecule has 0 amide bonds. The van der Waals surface area contributed by atoms with Gasteiger partial charge in [0.1, 0.15) is 0 Å². The molecule has 12 heteroatoms. The van der Waals surface area contributed by atoms with Crippen LogP contribution in [0.2, 0.25) is 90.7 Å². The van der Waals surface area contributed by atoms with Gasteiger partial charge in [0.15, 0.2) is 41.6 Å². The van der Waals surface area contributed by atoms with Crippen LogP contribution in [0.15, 0.2) is 48.6 Å². The second-order valence-electron chi connectivity index (χ2n) is 26.0. The predicted molar refractivity (Wildman–Crippen MR) is 311 cm³/mol. The zero-order chi connectivity index (χ0) is 53.2. The highest BCUT2D eigenvalue weighted by Crippen LogP contribution is 2.44. The Morgan fingerprint density at radius 2 is 0.971 bits per heavy atom. The van der Waals surface area contributed by atoms with E-state index in [0.717, 1.165) is 44.9 Å². The first-order chi connectivity index (χ1) is 30.8. The molecule has 0 spiro atoms. The molecule has 0 heterocycles. The zero-order valence-electron chi connectivity index (χ0n) is 49.7. The Labute approximate surface area is 428 Å². The van der Waals surface area contributed by atoms with Crippen LogP contribution in [-0.2, 0) is 31.7 Å². The molecule has 0 N–H and O–H groups in total. The molecule has 0 unspecified atom stereocenters. The van der Waals surface area contributed by atoms with E-state index in [4.69, 9.17) is 26.9 Å². The Bertz CT molecular complexity index is 1540. The molecule has 0 saturated heterocycles. The fraction of sp³-hybridized carbons (Fsp3) is 0.839. The van der Waals surface area contributed by atoms with Crippen LogP contribution in [0, 0.1) is 5.92 Å². The van der Waals surface area contributed by atoms with Crippen molar-refractivity contribution in [2.45, 2.75) is 291 Å². The highest BCUT2D eigenvalue weighted by atomic mass is 28.4. The highest BCUT2D eigenvalue weighted by molar-refractivity contribution is 6.75. The van der Waals surface area contributed by atoms with Crippen molar-refractivity contribution in [2.75, 3.05) is 6.61 Å². The van der Waals surface area contributed by atoms with E-state index in [-0.39, 0.29) is 56.5 Å². The molecule has 7 nitrogen and oxygen atoms in total. The number of carbonyl (C=O) groups is 1. The van der Waals surface area contributed by atoms with Crippen LogP contribution in [-0.4, -0.2) is 84.7 Å². The number of esters is 1. The van der Waals surface area contributed by atoms with Crippen LogP contribution in [0.3, 0.4) is 0 Å². The van der Waals surface area contributed by atoms with Gasteiger partial charge in [-0.15, -0.1) is 0 Å². The first kappa shape index (κ1) is 67.3. The van der Waals surface area contributed by atoms with E-state index in [1.54, 1.807) is 6.08 Å². The monoisotopic (exact) mass is 1040 g/mol. The van der Waals surface area contributed by atoms with E-state index < -0.39 is 41.6 Å².